The van der Waals surface area contributed by atoms with Gasteiger partial charge in [0.2, 0.25) is 0 Å². The molecule has 4 heterocycles. The number of alkyl halides is 3. The first-order chi connectivity index (χ1) is 17.7. The van der Waals surface area contributed by atoms with E-state index in [1.54, 1.807) is 0 Å². The lowest BCUT2D eigenvalue weighted by atomic mass is 10.00. The van der Waals surface area contributed by atoms with Crippen LogP contribution in [0, 0.1) is 25.2 Å². The molecule has 0 spiro atoms. The summed E-state index contributed by atoms with van der Waals surface area (Å²) in [5.41, 5.74) is 6.42. The molecule has 10 heteroatoms. The van der Waals surface area contributed by atoms with E-state index in [4.69, 9.17) is 5.26 Å². The van der Waals surface area contributed by atoms with Crippen molar-refractivity contribution >= 4 is 16.7 Å². The number of anilines is 1. The van der Waals surface area contributed by atoms with E-state index in [9.17, 15) is 13.2 Å². The van der Waals surface area contributed by atoms with E-state index in [1.807, 2.05) is 6.92 Å². The van der Waals surface area contributed by atoms with Crippen molar-refractivity contribution in [2.24, 2.45) is 0 Å². The van der Waals surface area contributed by atoms with Gasteiger partial charge in [-0.25, -0.2) is 9.97 Å². The maximum atomic E-state index is 12.8. The zero-order valence-electron chi connectivity index (χ0n) is 21.3. The van der Waals surface area contributed by atoms with Crippen molar-refractivity contribution in [3.8, 4) is 6.07 Å². The minimum Gasteiger partial charge on any atom is -0.367 e. The standard InChI is InChI=1S/C27H32F3N7/c1-18-13-23-19(2)20(3-4-25(23)37(18)12-8-31)14-35-9-5-21(6-10-35)34-26-22-7-11-36(16-27(28,29)30)15-24(22)32-17-33-26/h3-4,13,17,21H,5-7,9-12,14-16H2,1-2H3,(H,32,33,34). The first kappa shape index (κ1) is 25.5. The van der Waals surface area contributed by atoms with E-state index in [-0.39, 0.29) is 12.6 Å². The normalized spacial score (nSPS) is 17.6. The number of rotatable bonds is 6. The Morgan fingerprint density at radius 3 is 2.62 bits per heavy atom. The Bertz CT molecular complexity index is 1320. The molecule has 0 aliphatic carbocycles. The van der Waals surface area contributed by atoms with Crippen molar-refractivity contribution < 1.29 is 13.2 Å². The van der Waals surface area contributed by atoms with E-state index in [0.29, 0.717) is 25.2 Å². The van der Waals surface area contributed by atoms with Crippen LogP contribution in [0.5, 0.6) is 0 Å². The first-order valence-corrected chi connectivity index (χ1v) is 12.8. The van der Waals surface area contributed by atoms with Crippen molar-refractivity contribution in [2.75, 3.05) is 31.5 Å². The van der Waals surface area contributed by atoms with E-state index in [0.717, 1.165) is 55.1 Å². The molecular weight excluding hydrogens is 479 g/mol. The summed E-state index contributed by atoms with van der Waals surface area (Å²) < 4.78 is 40.5. The average molecular weight is 512 g/mol. The van der Waals surface area contributed by atoms with Crippen LogP contribution in [0.15, 0.2) is 24.5 Å². The Hall–Kier alpha value is -3.16. The minimum atomic E-state index is -4.20. The van der Waals surface area contributed by atoms with Crippen LogP contribution in [0.4, 0.5) is 19.0 Å². The van der Waals surface area contributed by atoms with Gasteiger partial charge in [0, 0.05) is 60.9 Å². The lowest BCUT2D eigenvalue weighted by Gasteiger charge is -2.34. The molecule has 7 nitrogen and oxygen atoms in total. The molecule has 0 amide bonds. The zero-order valence-corrected chi connectivity index (χ0v) is 21.3. The zero-order chi connectivity index (χ0) is 26.2. The number of likely N-dealkylation sites (tertiary alicyclic amines) is 1. The quantitative estimate of drug-likeness (QED) is 0.523. The number of halogens is 3. The summed E-state index contributed by atoms with van der Waals surface area (Å²) in [5, 5.41) is 13.9. The molecule has 37 heavy (non-hydrogen) atoms. The van der Waals surface area contributed by atoms with Gasteiger partial charge in [-0.3, -0.25) is 9.80 Å². The molecule has 0 bridgehead atoms. The summed E-state index contributed by atoms with van der Waals surface area (Å²) in [6, 6.07) is 9.01. The summed E-state index contributed by atoms with van der Waals surface area (Å²) in [6.07, 6.45) is -0.288. The topological polar surface area (TPSA) is 73.0 Å². The molecule has 0 atom stereocenters. The van der Waals surface area contributed by atoms with Gasteiger partial charge < -0.3 is 9.88 Å². The molecule has 2 aromatic heterocycles. The molecule has 1 saturated heterocycles. The monoisotopic (exact) mass is 511 g/mol. The predicted molar refractivity (Wildman–Crippen MR) is 136 cm³/mol. The number of fused-ring (bicyclic) bond motifs is 2. The Kier molecular flexibility index (Phi) is 7.10. The first-order valence-electron chi connectivity index (χ1n) is 12.8. The minimum absolute atomic E-state index is 0.202. The van der Waals surface area contributed by atoms with Crippen LogP contribution in [-0.2, 0) is 26.1 Å². The van der Waals surface area contributed by atoms with Crippen molar-refractivity contribution in [3.05, 3.63) is 52.6 Å². The Labute approximate surface area is 214 Å². The van der Waals surface area contributed by atoms with Gasteiger partial charge in [-0.1, -0.05) is 6.07 Å². The highest BCUT2D eigenvalue weighted by atomic mass is 19.4. The lowest BCUT2D eigenvalue weighted by Crippen LogP contribution is -2.40. The van der Waals surface area contributed by atoms with Crippen molar-refractivity contribution in [1.82, 2.24) is 24.3 Å². The van der Waals surface area contributed by atoms with Crippen LogP contribution in [0.25, 0.3) is 10.9 Å². The molecule has 3 aromatic rings. The third-order valence-electron chi connectivity index (χ3n) is 7.71. The Morgan fingerprint density at radius 2 is 1.89 bits per heavy atom. The summed E-state index contributed by atoms with van der Waals surface area (Å²) >= 11 is 0. The summed E-state index contributed by atoms with van der Waals surface area (Å²) in [5.74, 6) is 0.772. The van der Waals surface area contributed by atoms with Crippen LogP contribution in [-0.4, -0.2) is 62.7 Å². The fraction of sp³-hybridized carbons (Fsp3) is 0.519. The molecule has 5 rings (SSSR count). The number of hydrogen-bond donors (Lipinski definition) is 1. The van der Waals surface area contributed by atoms with Gasteiger partial charge in [0.1, 0.15) is 18.7 Å². The smallest absolute Gasteiger partial charge is 0.367 e. The molecule has 2 aliphatic heterocycles. The second-order valence-electron chi connectivity index (χ2n) is 10.2. The Morgan fingerprint density at radius 1 is 1.11 bits per heavy atom. The second kappa shape index (κ2) is 10.3. The van der Waals surface area contributed by atoms with Crippen molar-refractivity contribution in [3.63, 3.8) is 0 Å². The number of piperidine rings is 1. The van der Waals surface area contributed by atoms with Gasteiger partial charge in [-0.2, -0.15) is 18.4 Å². The fourth-order valence-electron chi connectivity index (χ4n) is 5.70. The number of hydrogen-bond acceptors (Lipinski definition) is 6. The number of nitriles is 1. The summed E-state index contributed by atoms with van der Waals surface area (Å²) in [6.45, 7) is 7.01. The van der Waals surface area contributed by atoms with Crippen molar-refractivity contribution in [1.29, 1.82) is 5.26 Å². The number of benzene rings is 1. The molecule has 2 aliphatic rings. The molecule has 0 saturated carbocycles. The largest absolute Gasteiger partial charge is 0.401 e. The van der Waals surface area contributed by atoms with Crippen LogP contribution in [0.1, 0.15) is 40.9 Å². The van der Waals surface area contributed by atoms with E-state index in [2.05, 4.69) is 55.9 Å². The molecule has 196 valence electrons. The molecule has 1 aromatic carbocycles. The summed E-state index contributed by atoms with van der Waals surface area (Å²) in [7, 11) is 0. The van der Waals surface area contributed by atoms with Gasteiger partial charge in [0.15, 0.2) is 0 Å². The van der Waals surface area contributed by atoms with Gasteiger partial charge in [0.25, 0.3) is 0 Å². The number of aryl methyl sites for hydroxylation is 2. The maximum absolute atomic E-state index is 12.8. The summed E-state index contributed by atoms with van der Waals surface area (Å²) in [4.78, 5) is 12.6. The number of nitrogens with zero attached hydrogens (tertiary/aromatic N) is 6. The van der Waals surface area contributed by atoms with E-state index < -0.39 is 12.7 Å². The van der Waals surface area contributed by atoms with E-state index in [1.165, 1.54) is 27.7 Å². The average Bonchev–Trinajstić information content (AvgIpc) is 3.17. The maximum Gasteiger partial charge on any atom is 0.401 e. The SMILES string of the molecule is Cc1c(CN2CCC(Nc3ncnc4c3CCN(CC(F)(F)F)C4)CC2)ccc2c1cc(C)n2CC#N. The fourth-order valence-corrected chi connectivity index (χ4v) is 5.70. The van der Waals surface area contributed by atoms with Gasteiger partial charge >= 0.3 is 6.18 Å². The predicted octanol–water partition coefficient (Wildman–Crippen LogP) is 4.57. The third-order valence-corrected chi connectivity index (χ3v) is 7.71. The van der Waals surface area contributed by atoms with E-state index >= 15 is 0 Å². The van der Waals surface area contributed by atoms with Crippen LogP contribution in [0.2, 0.25) is 0 Å². The highest BCUT2D eigenvalue weighted by molar-refractivity contribution is 5.85. The highest BCUT2D eigenvalue weighted by Crippen LogP contribution is 2.29. The molecule has 1 N–H and O–H groups in total. The van der Waals surface area contributed by atoms with Gasteiger partial charge in [0.05, 0.1) is 18.3 Å². The van der Waals surface area contributed by atoms with Gasteiger partial charge in [-0.05, 0) is 56.4 Å². The number of nitrogens with one attached hydrogen (secondary N) is 1. The molecule has 0 radical (unpaired) electrons. The molecule has 0 unspecified atom stereocenters. The van der Waals surface area contributed by atoms with Crippen LogP contribution >= 0.6 is 0 Å². The van der Waals surface area contributed by atoms with Crippen molar-refractivity contribution in [2.45, 2.75) is 65.0 Å². The third kappa shape index (κ3) is 5.58. The Balaban J connectivity index is 1.19. The second-order valence-corrected chi connectivity index (χ2v) is 10.2. The lowest BCUT2D eigenvalue weighted by molar-refractivity contribution is -0.147. The molecule has 1 fully saturated rings. The van der Waals surface area contributed by atoms with Crippen LogP contribution in [0.3, 0.4) is 0 Å². The van der Waals surface area contributed by atoms with Gasteiger partial charge in [-0.15, -0.1) is 0 Å². The number of aromatic nitrogens is 3. The highest BCUT2D eigenvalue weighted by Gasteiger charge is 2.33. The van der Waals surface area contributed by atoms with Crippen LogP contribution < -0.4 is 5.32 Å². The molecular formula is C27H32F3N7.